The molecule has 0 aromatic heterocycles. The van der Waals surface area contributed by atoms with Gasteiger partial charge in [0.15, 0.2) is 0 Å². The van der Waals surface area contributed by atoms with Crippen molar-refractivity contribution >= 4 is 11.6 Å². The average molecular weight is 304 g/mol. The maximum absolute atomic E-state index is 12.8. The number of hydrogen-bond acceptors (Lipinski definition) is 3. The summed E-state index contributed by atoms with van der Waals surface area (Å²) < 4.78 is 43.6. The van der Waals surface area contributed by atoms with Crippen molar-refractivity contribution in [1.82, 2.24) is 4.90 Å². The van der Waals surface area contributed by atoms with E-state index >= 15 is 0 Å². The van der Waals surface area contributed by atoms with Gasteiger partial charge in [-0.25, -0.2) is 0 Å². The molecule has 0 spiro atoms. The molecule has 0 aliphatic carbocycles. The van der Waals surface area contributed by atoms with Crippen molar-refractivity contribution < 1.29 is 22.7 Å². The zero-order chi connectivity index (χ0) is 16.2. The normalized spacial score (nSPS) is 11.8. The molecule has 0 radical (unpaired) electrons. The molecule has 4 nitrogen and oxygen atoms in total. The zero-order valence-corrected chi connectivity index (χ0v) is 12.2. The van der Waals surface area contributed by atoms with Crippen LogP contribution in [-0.2, 0) is 10.9 Å². The molecule has 0 saturated heterocycles. The Labute approximate surface area is 121 Å². The molecule has 0 atom stereocenters. The van der Waals surface area contributed by atoms with Crippen molar-refractivity contribution in [2.45, 2.75) is 26.1 Å². The molecule has 21 heavy (non-hydrogen) atoms. The Morgan fingerprint density at radius 2 is 2.00 bits per heavy atom. The Morgan fingerprint density at radius 3 is 2.52 bits per heavy atom. The molecule has 0 fully saturated rings. The van der Waals surface area contributed by atoms with E-state index in [0.29, 0.717) is 13.2 Å². The summed E-state index contributed by atoms with van der Waals surface area (Å²) in [6.45, 7) is 4.33. The first kappa shape index (κ1) is 17.3. The highest BCUT2D eigenvalue weighted by Crippen LogP contribution is 2.34. The van der Waals surface area contributed by atoms with E-state index in [1.165, 1.54) is 18.0 Å². The SMILES string of the molecule is CC(C)OCCN(C)C(=O)c1ccc(N)c(C(F)(F)F)c1. The number of amides is 1. The number of carbonyl (C=O) groups excluding carboxylic acids is 1. The van der Waals surface area contributed by atoms with Gasteiger partial charge in [0.05, 0.1) is 18.3 Å². The molecule has 2 N–H and O–H groups in total. The highest BCUT2D eigenvalue weighted by atomic mass is 19.4. The maximum atomic E-state index is 12.8. The minimum Gasteiger partial charge on any atom is -0.398 e. The number of anilines is 1. The van der Waals surface area contributed by atoms with Crippen molar-refractivity contribution in [1.29, 1.82) is 0 Å². The van der Waals surface area contributed by atoms with Gasteiger partial charge >= 0.3 is 6.18 Å². The molecule has 0 unspecified atom stereocenters. The summed E-state index contributed by atoms with van der Waals surface area (Å²) in [7, 11) is 1.51. The summed E-state index contributed by atoms with van der Waals surface area (Å²) in [5, 5.41) is 0. The topological polar surface area (TPSA) is 55.6 Å². The minimum atomic E-state index is -4.58. The van der Waals surface area contributed by atoms with Crippen LogP contribution in [0.2, 0.25) is 0 Å². The summed E-state index contributed by atoms with van der Waals surface area (Å²) in [5.41, 5.74) is 3.85. The van der Waals surface area contributed by atoms with E-state index in [1.807, 2.05) is 13.8 Å². The largest absolute Gasteiger partial charge is 0.418 e. The van der Waals surface area contributed by atoms with E-state index < -0.39 is 23.3 Å². The van der Waals surface area contributed by atoms with Crippen LogP contribution in [-0.4, -0.2) is 37.1 Å². The van der Waals surface area contributed by atoms with Crippen LogP contribution < -0.4 is 5.73 Å². The number of nitrogens with zero attached hydrogens (tertiary/aromatic N) is 1. The quantitative estimate of drug-likeness (QED) is 0.851. The van der Waals surface area contributed by atoms with Gasteiger partial charge in [-0.2, -0.15) is 13.2 Å². The van der Waals surface area contributed by atoms with Crippen LogP contribution >= 0.6 is 0 Å². The van der Waals surface area contributed by atoms with Crippen LogP contribution in [0.15, 0.2) is 18.2 Å². The van der Waals surface area contributed by atoms with Gasteiger partial charge in [-0.3, -0.25) is 4.79 Å². The summed E-state index contributed by atoms with van der Waals surface area (Å²) in [6, 6.07) is 3.15. The van der Waals surface area contributed by atoms with Gasteiger partial charge in [-0.05, 0) is 32.0 Å². The van der Waals surface area contributed by atoms with E-state index in [-0.39, 0.29) is 11.7 Å². The summed E-state index contributed by atoms with van der Waals surface area (Å²) in [5.74, 6) is -0.507. The van der Waals surface area contributed by atoms with Gasteiger partial charge < -0.3 is 15.4 Å². The second-order valence-electron chi connectivity index (χ2n) is 4.95. The van der Waals surface area contributed by atoms with Crippen LogP contribution in [0.1, 0.15) is 29.8 Å². The van der Waals surface area contributed by atoms with Crippen molar-refractivity contribution in [2.24, 2.45) is 0 Å². The number of benzene rings is 1. The smallest absolute Gasteiger partial charge is 0.398 e. The van der Waals surface area contributed by atoms with Crippen LogP contribution in [0.25, 0.3) is 0 Å². The molecule has 0 saturated carbocycles. The second-order valence-corrected chi connectivity index (χ2v) is 4.95. The Morgan fingerprint density at radius 1 is 1.38 bits per heavy atom. The van der Waals surface area contributed by atoms with Crippen molar-refractivity contribution in [3.63, 3.8) is 0 Å². The second kappa shape index (κ2) is 6.80. The number of nitrogens with two attached hydrogens (primary N) is 1. The number of halogens is 3. The predicted molar refractivity (Wildman–Crippen MR) is 73.9 cm³/mol. The Hall–Kier alpha value is -1.76. The molecule has 0 heterocycles. The predicted octanol–water partition coefficient (Wildman–Crippen LogP) is 2.78. The lowest BCUT2D eigenvalue weighted by Crippen LogP contribution is -2.31. The molecule has 0 bridgehead atoms. The Bertz CT molecular complexity index is 501. The number of rotatable bonds is 5. The molecule has 118 valence electrons. The van der Waals surface area contributed by atoms with Crippen LogP contribution in [0, 0.1) is 0 Å². The van der Waals surface area contributed by atoms with Gasteiger partial charge in [0.25, 0.3) is 5.91 Å². The molecule has 0 aliphatic heterocycles. The van der Waals surface area contributed by atoms with Crippen molar-refractivity contribution in [2.75, 3.05) is 25.9 Å². The average Bonchev–Trinajstić information content (AvgIpc) is 2.36. The summed E-state index contributed by atoms with van der Waals surface area (Å²) in [6.07, 6.45) is -4.55. The van der Waals surface area contributed by atoms with Crippen LogP contribution in [0.4, 0.5) is 18.9 Å². The third-order valence-corrected chi connectivity index (χ3v) is 2.83. The fourth-order valence-corrected chi connectivity index (χ4v) is 1.68. The standard InChI is InChI=1S/C14H19F3N2O2/c1-9(2)21-7-6-19(3)13(20)10-4-5-12(18)11(8-10)14(15,16)17/h4-5,8-9H,6-7,18H2,1-3H3. The molecule has 7 heteroatoms. The molecule has 0 aliphatic rings. The first-order valence-electron chi connectivity index (χ1n) is 6.46. The number of likely N-dealkylation sites (N-methyl/N-ethyl adjacent to an activating group) is 1. The summed E-state index contributed by atoms with van der Waals surface area (Å²) >= 11 is 0. The number of hydrogen-bond donors (Lipinski definition) is 1. The lowest BCUT2D eigenvalue weighted by atomic mass is 10.1. The van der Waals surface area contributed by atoms with Gasteiger partial charge in [-0.1, -0.05) is 0 Å². The molecule has 1 rings (SSSR count). The molecule has 1 aromatic rings. The van der Waals surface area contributed by atoms with Gasteiger partial charge in [0.1, 0.15) is 0 Å². The molecule has 1 aromatic carbocycles. The molecule has 1 amide bonds. The van der Waals surface area contributed by atoms with Crippen LogP contribution in [0.3, 0.4) is 0 Å². The zero-order valence-electron chi connectivity index (χ0n) is 12.2. The Balaban J connectivity index is 2.83. The number of carbonyl (C=O) groups is 1. The number of nitrogen functional groups attached to an aromatic ring is 1. The van der Waals surface area contributed by atoms with Crippen molar-refractivity contribution in [3.05, 3.63) is 29.3 Å². The first-order valence-corrected chi connectivity index (χ1v) is 6.46. The number of ether oxygens (including phenoxy) is 1. The van der Waals surface area contributed by atoms with Crippen molar-refractivity contribution in [3.8, 4) is 0 Å². The van der Waals surface area contributed by atoms with E-state index in [2.05, 4.69) is 0 Å². The third kappa shape index (κ3) is 4.93. The van der Waals surface area contributed by atoms with E-state index in [9.17, 15) is 18.0 Å². The monoisotopic (exact) mass is 304 g/mol. The Kier molecular flexibility index (Phi) is 5.60. The van der Waals surface area contributed by atoms with E-state index in [1.54, 1.807) is 0 Å². The minimum absolute atomic E-state index is 0.0295. The maximum Gasteiger partial charge on any atom is 0.418 e. The van der Waals surface area contributed by atoms with E-state index in [4.69, 9.17) is 10.5 Å². The lowest BCUT2D eigenvalue weighted by molar-refractivity contribution is -0.136. The van der Waals surface area contributed by atoms with Crippen LogP contribution in [0.5, 0.6) is 0 Å². The fraction of sp³-hybridized carbons (Fsp3) is 0.500. The number of alkyl halides is 3. The molecular formula is C14H19F3N2O2. The third-order valence-electron chi connectivity index (χ3n) is 2.83. The highest BCUT2D eigenvalue weighted by Gasteiger charge is 2.33. The fourth-order valence-electron chi connectivity index (χ4n) is 1.68. The lowest BCUT2D eigenvalue weighted by Gasteiger charge is -2.19. The highest BCUT2D eigenvalue weighted by molar-refractivity contribution is 5.94. The summed E-state index contributed by atoms with van der Waals surface area (Å²) in [4.78, 5) is 13.4. The van der Waals surface area contributed by atoms with Gasteiger partial charge in [0, 0.05) is 24.8 Å². The van der Waals surface area contributed by atoms with Gasteiger partial charge in [-0.15, -0.1) is 0 Å². The van der Waals surface area contributed by atoms with E-state index in [0.717, 1.165) is 12.1 Å². The first-order chi connectivity index (χ1) is 9.62. The van der Waals surface area contributed by atoms with Gasteiger partial charge in [0.2, 0.25) is 0 Å². The molecular weight excluding hydrogens is 285 g/mol.